The van der Waals surface area contributed by atoms with Crippen molar-refractivity contribution in [2.75, 3.05) is 6.61 Å². The van der Waals surface area contributed by atoms with E-state index < -0.39 is 0 Å². The second-order valence-electron chi connectivity index (χ2n) is 2.53. The minimum atomic E-state index is 0.306. The standard InChI is InChI=1S/C4H10O.C4H8O/c1-4(2)3-5;1-2-3-4-5/h4-5H,3H2,1-2H3;4H,2-3H2,1H3. The number of unbranched alkanes of at least 4 members (excludes halogenated alkanes) is 1. The third-order valence-corrected chi connectivity index (χ3v) is 0.772. The van der Waals surface area contributed by atoms with Crippen LogP contribution in [0.4, 0.5) is 0 Å². The Bertz CT molecular complexity index is 60.3. The number of aldehydes is 1. The van der Waals surface area contributed by atoms with Crippen LogP contribution in [0, 0.1) is 5.92 Å². The topological polar surface area (TPSA) is 37.3 Å². The van der Waals surface area contributed by atoms with Gasteiger partial charge in [0.2, 0.25) is 0 Å². The van der Waals surface area contributed by atoms with Gasteiger partial charge in [0, 0.05) is 13.0 Å². The van der Waals surface area contributed by atoms with Crippen LogP contribution in [-0.2, 0) is 4.79 Å². The van der Waals surface area contributed by atoms with Crippen molar-refractivity contribution in [3.05, 3.63) is 0 Å². The summed E-state index contributed by atoms with van der Waals surface area (Å²) in [6.07, 6.45) is 2.61. The van der Waals surface area contributed by atoms with Crippen molar-refractivity contribution in [3.63, 3.8) is 0 Å². The minimum Gasteiger partial charge on any atom is -0.396 e. The zero-order valence-electron chi connectivity index (χ0n) is 7.13. The first kappa shape index (κ1) is 12.3. The SMILES string of the molecule is CC(C)CO.CCCC=O. The highest BCUT2D eigenvalue weighted by atomic mass is 16.3. The van der Waals surface area contributed by atoms with Gasteiger partial charge in [-0.1, -0.05) is 20.8 Å². The molecular weight excluding hydrogens is 128 g/mol. The second kappa shape index (κ2) is 11.4. The van der Waals surface area contributed by atoms with Crippen molar-refractivity contribution in [1.82, 2.24) is 0 Å². The van der Waals surface area contributed by atoms with E-state index in [0.717, 1.165) is 12.7 Å². The quantitative estimate of drug-likeness (QED) is 0.614. The lowest BCUT2D eigenvalue weighted by Crippen LogP contribution is -1.90. The molecule has 0 aromatic heterocycles. The zero-order chi connectivity index (χ0) is 8.41. The van der Waals surface area contributed by atoms with Crippen molar-refractivity contribution >= 4 is 6.29 Å². The number of hydrogen-bond donors (Lipinski definition) is 1. The summed E-state index contributed by atoms with van der Waals surface area (Å²) in [5.74, 6) is 0.440. The van der Waals surface area contributed by atoms with Gasteiger partial charge in [0.15, 0.2) is 0 Å². The van der Waals surface area contributed by atoms with Crippen LogP contribution < -0.4 is 0 Å². The molecule has 62 valence electrons. The molecule has 0 aromatic carbocycles. The van der Waals surface area contributed by atoms with Gasteiger partial charge in [0.05, 0.1) is 0 Å². The van der Waals surface area contributed by atoms with E-state index in [2.05, 4.69) is 0 Å². The summed E-state index contributed by atoms with van der Waals surface area (Å²) in [7, 11) is 0. The molecule has 0 fully saturated rings. The fourth-order valence-corrected chi connectivity index (χ4v) is 0.118. The Labute approximate surface area is 63.3 Å². The molecule has 0 aliphatic rings. The normalized spacial score (nSPS) is 8.50. The molecular formula is C8H18O2. The van der Waals surface area contributed by atoms with Gasteiger partial charge in [-0.15, -0.1) is 0 Å². The lowest BCUT2D eigenvalue weighted by molar-refractivity contribution is -0.107. The highest BCUT2D eigenvalue weighted by molar-refractivity contribution is 5.48. The molecule has 2 heteroatoms. The molecule has 10 heavy (non-hydrogen) atoms. The number of carbonyl (C=O) groups excluding carboxylic acids is 1. The highest BCUT2D eigenvalue weighted by Gasteiger charge is 1.81. The molecule has 0 aromatic rings. The van der Waals surface area contributed by atoms with Crippen LogP contribution in [-0.4, -0.2) is 18.0 Å². The monoisotopic (exact) mass is 146 g/mol. The lowest BCUT2D eigenvalue weighted by Gasteiger charge is -1.90. The zero-order valence-corrected chi connectivity index (χ0v) is 7.13. The predicted octanol–water partition coefficient (Wildman–Crippen LogP) is 1.62. The van der Waals surface area contributed by atoms with Gasteiger partial charge >= 0.3 is 0 Å². The molecule has 0 unspecified atom stereocenters. The van der Waals surface area contributed by atoms with E-state index in [1.54, 1.807) is 0 Å². The second-order valence-corrected chi connectivity index (χ2v) is 2.53. The van der Waals surface area contributed by atoms with Crippen LogP contribution in [0.15, 0.2) is 0 Å². The van der Waals surface area contributed by atoms with Gasteiger partial charge in [0.25, 0.3) is 0 Å². The largest absolute Gasteiger partial charge is 0.396 e. The number of hydrogen-bond acceptors (Lipinski definition) is 2. The molecule has 2 nitrogen and oxygen atoms in total. The van der Waals surface area contributed by atoms with Crippen LogP contribution in [0.2, 0.25) is 0 Å². The molecule has 0 amide bonds. The van der Waals surface area contributed by atoms with Gasteiger partial charge < -0.3 is 9.90 Å². The lowest BCUT2D eigenvalue weighted by atomic mass is 10.2. The maximum absolute atomic E-state index is 9.40. The summed E-state index contributed by atoms with van der Waals surface area (Å²) in [6.45, 7) is 6.23. The summed E-state index contributed by atoms with van der Waals surface area (Å²) in [5.41, 5.74) is 0. The Morgan fingerprint density at radius 2 is 1.90 bits per heavy atom. The van der Waals surface area contributed by atoms with E-state index in [9.17, 15) is 4.79 Å². The van der Waals surface area contributed by atoms with Crippen LogP contribution in [0.3, 0.4) is 0 Å². The predicted molar refractivity (Wildman–Crippen MR) is 42.9 cm³/mol. The summed E-state index contributed by atoms with van der Waals surface area (Å²) < 4.78 is 0. The van der Waals surface area contributed by atoms with E-state index in [-0.39, 0.29) is 0 Å². The van der Waals surface area contributed by atoms with E-state index in [1.807, 2.05) is 20.8 Å². The van der Waals surface area contributed by atoms with E-state index in [1.165, 1.54) is 0 Å². The first-order valence-electron chi connectivity index (χ1n) is 3.73. The van der Waals surface area contributed by atoms with Crippen molar-refractivity contribution in [2.24, 2.45) is 5.92 Å². The average molecular weight is 146 g/mol. The van der Waals surface area contributed by atoms with Crippen LogP contribution in [0.1, 0.15) is 33.6 Å². The van der Waals surface area contributed by atoms with Crippen molar-refractivity contribution in [3.8, 4) is 0 Å². The first-order chi connectivity index (χ1) is 4.68. The third kappa shape index (κ3) is 25.5. The molecule has 0 spiro atoms. The maximum Gasteiger partial charge on any atom is 0.119 e. The van der Waals surface area contributed by atoms with Gasteiger partial charge in [-0.05, 0) is 12.3 Å². The molecule has 0 heterocycles. The van der Waals surface area contributed by atoms with Crippen molar-refractivity contribution in [1.29, 1.82) is 0 Å². The molecule has 1 N–H and O–H groups in total. The average Bonchev–Trinajstić information content (AvgIpc) is 1.91. The van der Waals surface area contributed by atoms with Gasteiger partial charge in [-0.25, -0.2) is 0 Å². The Hall–Kier alpha value is -0.370. The highest BCUT2D eigenvalue weighted by Crippen LogP contribution is 1.83. The number of rotatable bonds is 3. The van der Waals surface area contributed by atoms with E-state index in [0.29, 0.717) is 18.9 Å². The molecule has 0 bridgehead atoms. The molecule has 0 saturated heterocycles. The fraction of sp³-hybridized carbons (Fsp3) is 0.875. The number of aliphatic hydroxyl groups is 1. The Morgan fingerprint density at radius 3 is 1.90 bits per heavy atom. The van der Waals surface area contributed by atoms with Crippen molar-refractivity contribution < 1.29 is 9.90 Å². The molecule has 0 aliphatic heterocycles. The molecule has 0 atom stereocenters. The first-order valence-corrected chi connectivity index (χ1v) is 3.73. The minimum absolute atomic E-state index is 0.306. The van der Waals surface area contributed by atoms with Crippen LogP contribution in [0.25, 0.3) is 0 Å². The summed E-state index contributed by atoms with van der Waals surface area (Å²) in [4.78, 5) is 9.40. The van der Waals surface area contributed by atoms with Crippen LogP contribution in [0.5, 0.6) is 0 Å². The summed E-state index contributed by atoms with van der Waals surface area (Å²) in [5, 5.41) is 8.14. The summed E-state index contributed by atoms with van der Waals surface area (Å²) in [6, 6.07) is 0. The molecule has 0 radical (unpaired) electrons. The van der Waals surface area contributed by atoms with Gasteiger partial charge in [-0.2, -0.15) is 0 Å². The smallest absolute Gasteiger partial charge is 0.119 e. The Balaban J connectivity index is 0. The van der Waals surface area contributed by atoms with Gasteiger partial charge in [-0.3, -0.25) is 0 Å². The molecule has 0 saturated carbocycles. The van der Waals surface area contributed by atoms with Gasteiger partial charge in [0.1, 0.15) is 6.29 Å². The Morgan fingerprint density at radius 1 is 1.50 bits per heavy atom. The van der Waals surface area contributed by atoms with Crippen LogP contribution >= 0.6 is 0 Å². The molecule has 0 rings (SSSR count). The Kier molecular flexibility index (Phi) is 14.1. The number of aliphatic hydroxyl groups excluding tert-OH is 1. The van der Waals surface area contributed by atoms with E-state index in [4.69, 9.17) is 5.11 Å². The third-order valence-electron chi connectivity index (χ3n) is 0.772. The number of carbonyl (C=O) groups is 1. The van der Waals surface area contributed by atoms with E-state index >= 15 is 0 Å². The summed E-state index contributed by atoms with van der Waals surface area (Å²) >= 11 is 0. The maximum atomic E-state index is 9.40. The van der Waals surface area contributed by atoms with Crippen molar-refractivity contribution in [2.45, 2.75) is 33.6 Å². The fourth-order valence-electron chi connectivity index (χ4n) is 0.118. The molecule has 0 aliphatic carbocycles.